The fourth-order valence-corrected chi connectivity index (χ4v) is 3.06. The SMILES string of the molecule is COCc1ccc(C2CCCN2C(=O)c2cnn(C(C)(C)C)c2)o1. The minimum Gasteiger partial charge on any atom is -0.461 e. The van der Waals surface area contributed by atoms with E-state index < -0.39 is 0 Å². The molecule has 1 aliphatic rings. The van der Waals surface area contributed by atoms with Crippen LogP contribution in [0.3, 0.4) is 0 Å². The van der Waals surface area contributed by atoms with Gasteiger partial charge in [-0.25, -0.2) is 0 Å². The third kappa shape index (κ3) is 3.24. The second-order valence-corrected chi connectivity index (χ2v) is 7.24. The number of rotatable bonds is 4. The lowest BCUT2D eigenvalue weighted by atomic mass is 10.1. The first-order valence-electron chi connectivity index (χ1n) is 8.34. The van der Waals surface area contributed by atoms with Crippen molar-refractivity contribution < 1.29 is 13.9 Å². The Morgan fingerprint density at radius 2 is 2.21 bits per heavy atom. The lowest BCUT2D eigenvalue weighted by molar-refractivity contribution is 0.0715. The molecule has 0 radical (unpaired) electrons. The molecule has 3 rings (SSSR count). The van der Waals surface area contributed by atoms with Gasteiger partial charge in [0.1, 0.15) is 18.1 Å². The molecule has 130 valence electrons. The van der Waals surface area contributed by atoms with Crippen molar-refractivity contribution >= 4 is 5.91 Å². The number of amides is 1. The van der Waals surface area contributed by atoms with Crippen LogP contribution in [-0.2, 0) is 16.9 Å². The molecule has 0 saturated carbocycles. The van der Waals surface area contributed by atoms with E-state index in [9.17, 15) is 4.79 Å². The summed E-state index contributed by atoms with van der Waals surface area (Å²) in [7, 11) is 1.64. The van der Waals surface area contributed by atoms with Crippen LogP contribution in [0, 0.1) is 0 Å². The zero-order valence-electron chi connectivity index (χ0n) is 14.8. The largest absolute Gasteiger partial charge is 0.461 e. The maximum Gasteiger partial charge on any atom is 0.257 e. The molecule has 0 aromatic carbocycles. The van der Waals surface area contributed by atoms with Gasteiger partial charge in [0.15, 0.2) is 0 Å². The van der Waals surface area contributed by atoms with Crippen LogP contribution in [0.1, 0.15) is 61.5 Å². The first kappa shape index (κ1) is 16.8. The lowest BCUT2D eigenvalue weighted by Crippen LogP contribution is -2.30. The molecule has 24 heavy (non-hydrogen) atoms. The Hall–Kier alpha value is -2.08. The van der Waals surface area contributed by atoms with E-state index in [1.165, 1.54) is 0 Å². The molecular weight excluding hydrogens is 306 g/mol. The minimum absolute atomic E-state index is 0.0118. The molecule has 2 aromatic heterocycles. The molecule has 6 heteroatoms. The van der Waals surface area contributed by atoms with Crippen molar-refractivity contribution in [2.45, 2.75) is 51.8 Å². The summed E-state index contributed by atoms with van der Waals surface area (Å²) in [4.78, 5) is 14.8. The lowest BCUT2D eigenvalue weighted by Gasteiger charge is -2.23. The number of carbonyl (C=O) groups is 1. The predicted molar refractivity (Wildman–Crippen MR) is 89.7 cm³/mol. The Balaban J connectivity index is 1.79. The van der Waals surface area contributed by atoms with Gasteiger partial charge in [-0.3, -0.25) is 9.48 Å². The zero-order valence-corrected chi connectivity index (χ0v) is 14.8. The second-order valence-electron chi connectivity index (χ2n) is 7.24. The van der Waals surface area contributed by atoms with E-state index in [-0.39, 0.29) is 17.5 Å². The molecule has 0 bridgehead atoms. The summed E-state index contributed by atoms with van der Waals surface area (Å²) in [6.45, 7) is 7.37. The van der Waals surface area contributed by atoms with Gasteiger partial charge in [-0.1, -0.05) is 0 Å². The molecule has 0 aliphatic carbocycles. The van der Waals surface area contributed by atoms with Crippen LogP contribution in [0.25, 0.3) is 0 Å². The number of carbonyl (C=O) groups excluding carboxylic acids is 1. The summed E-state index contributed by atoms with van der Waals surface area (Å²) in [6, 6.07) is 3.85. The van der Waals surface area contributed by atoms with Crippen LogP contribution in [0.15, 0.2) is 28.9 Å². The van der Waals surface area contributed by atoms with Gasteiger partial charge in [-0.05, 0) is 45.7 Å². The van der Waals surface area contributed by atoms with Gasteiger partial charge in [0.2, 0.25) is 0 Å². The molecule has 1 amide bonds. The summed E-state index contributed by atoms with van der Waals surface area (Å²) in [5.41, 5.74) is 0.486. The monoisotopic (exact) mass is 331 g/mol. The molecular formula is C18H25N3O3. The third-order valence-electron chi connectivity index (χ3n) is 4.33. The minimum atomic E-state index is -0.140. The highest BCUT2D eigenvalue weighted by Gasteiger charge is 2.33. The van der Waals surface area contributed by atoms with Gasteiger partial charge < -0.3 is 14.1 Å². The van der Waals surface area contributed by atoms with Crippen LogP contribution in [0.4, 0.5) is 0 Å². The van der Waals surface area contributed by atoms with Crippen LogP contribution in [0.2, 0.25) is 0 Å². The molecule has 1 unspecified atom stereocenters. The normalized spacial score (nSPS) is 18.3. The fourth-order valence-electron chi connectivity index (χ4n) is 3.06. The van der Waals surface area contributed by atoms with Crippen molar-refractivity contribution in [3.8, 4) is 0 Å². The highest BCUT2D eigenvalue weighted by atomic mass is 16.5. The average molecular weight is 331 g/mol. The average Bonchev–Trinajstić information content (AvgIpc) is 3.25. The molecule has 1 aliphatic heterocycles. The third-order valence-corrected chi connectivity index (χ3v) is 4.33. The molecule has 0 N–H and O–H groups in total. The Kier molecular flexibility index (Phi) is 4.49. The topological polar surface area (TPSA) is 60.5 Å². The Labute approximate surface area is 142 Å². The molecule has 3 heterocycles. The van der Waals surface area contributed by atoms with Crippen LogP contribution in [0.5, 0.6) is 0 Å². The predicted octanol–water partition coefficient (Wildman–Crippen LogP) is 3.35. The van der Waals surface area contributed by atoms with Gasteiger partial charge in [0.25, 0.3) is 5.91 Å². The van der Waals surface area contributed by atoms with E-state index >= 15 is 0 Å². The summed E-state index contributed by atoms with van der Waals surface area (Å²) in [5, 5.41) is 4.34. The molecule has 2 aromatic rings. The van der Waals surface area contributed by atoms with Crippen LogP contribution < -0.4 is 0 Å². The van der Waals surface area contributed by atoms with E-state index in [1.807, 2.05) is 27.9 Å². The van der Waals surface area contributed by atoms with Gasteiger partial charge in [0.05, 0.1) is 23.3 Å². The fraction of sp³-hybridized carbons (Fsp3) is 0.556. The summed E-state index contributed by atoms with van der Waals surface area (Å²) in [5.74, 6) is 1.63. The Bertz CT molecular complexity index is 711. The van der Waals surface area contributed by atoms with E-state index in [0.717, 1.165) is 30.9 Å². The van der Waals surface area contributed by atoms with Crippen molar-refractivity contribution in [2.75, 3.05) is 13.7 Å². The van der Waals surface area contributed by atoms with Crippen LogP contribution >= 0.6 is 0 Å². The number of likely N-dealkylation sites (tertiary alicyclic amines) is 1. The molecule has 1 atom stereocenters. The maximum atomic E-state index is 12.9. The molecule has 1 saturated heterocycles. The van der Waals surface area contributed by atoms with E-state index in [0.29, 0.717) is 12.2 Å². The van der Waals surface area contributed by atoms with Gasteiger partial charge in [-0.2, -0.15) is 5.10 Å². The first-order chi connectivity index (χ1) is 11.4. The highest BCUT2D eigenvalue weighted by molar-refractivity contribution is 5.94. The van der Waals surface area contributed by atoms with Crippen molar-refractivity contribution in [2.24, 2.45) is 0 Å². The maximum absolute atomic E-state index is 12.9. The number of methoxy groups -OCH3 is 1. The number of furan rings is 1. The molecule has 1 fully saturated rings. The number of ether oxygens (including phenoxy) is 1. The molecule has 0 spiro atoms. The quantitative estimate of drug-likeness (QED) is 0.862. The van der Waals surface area contributed by atoms with E-state index in [1.54, 1.807) is 13.3 Å². The highest BCUT2D eigenvalue weighted by Crippen LogP contribution is 2.34. The summed E-state index contributed by atoms with van der Waals surface area (Å²) >= 11 is 0. The number of aromatic nitrogens is 2. The van der Waals surface area contributed by atoms with E-state index in [2.05, 4.69) is 25.9 Å². The van der Waals surface area contributed by atoms with Gasteiger partial charge >= 0.3 is 0 Å². The summed E-state index contributed by atoms with van der Waals surface area (Å²) < 4.78 is 12.8. The van der Waals surface area contributed by atoms with Crippen molar-refractivity contribution in [1.29, 1.82) is 0 Å². The molecule has 6 nitrogen and oxygen atoms in total. The van der Waals surface area contributed by atoms with E-state index in [4.69, 9.17) is 9.15 Å². The smallest absolute Gasteiger partial charge is 0.257 e. The van der Waals surface area contributed by atoms with Crippen molar-refractivity contribution in [3.05, 3.63) is 41.6 Å². The zero-order chi connectivity index (χ0) is 17.3. The second kappa shape index (κ2) is 6.43. The van der Waals surface area contributed by atoms with Gasteiger partial charge in [-0.15, -0.1) is 0 Å². The number of hydrogen-bond donors (Lipinski definition) is 0. The van der Waals surface area contributed by atoms with Crippen LogP contribution in [-0.4, -0.2) is 34.2 Å². The first-order valence-corrected chi connectivity index (χ1v) is 8.34. The summed E-state index contributed by atoms with van der Waals surface area (Å²) in [6.07, 6.45) is 5.38. The number of nitrogens with zero attached hydrogens (tertiary/aromatic N) is 3. The van der Waals surface area contributed by atoms with Crippen molar-refractivity contribution in [1.82, 2.24) is 14.7 Å². The standard InChI is InChI=1S/C18H25N3O3/c1-18(2,3)21-11-13(10-19-21)17(22)20-9-5-6-15(20)16-8-7-14(24-16)12-23-4/h7-8,10-11,15H,5-6,9,12H2,1-4H3. The number of hydrogen-bond acceptors (Lipinski definition) is 4. The van der Waals surface area contributed by atoms with Crippen molar-refractivity contribution in [3.63, 3.8) is 0 Å². The Morgan fingerprint density at radius 1 is 1.42 bits per heavy atom. The Morgan fingerprint density at radius 3 is 2.88 bits per heavy atom. The van der Waals surface area contributed by atoms with Gasteiger partial charge in [0, 0.05) is 19.9 Å².